The Morgan fingerprint density at radius 1 is 1.11 bits per heavy atom. The fourth-order valence-electron chi connectivity index (χ4n) is 4.40. The molecule has 0 radical (unpaired) electrons. The van der Waals surface area contributed by atoms with Crippen LogP contribution in [0.25, 0.3) is 11.4 Å². The first kappa shape index (κ1) is 26.1. The lowest BCUT2D eigenvalue weighted by Crippen LogP contribution is -2.33. The predicted octanol–water partition coefficient (Wildman–Crippen LogP) is 8.04. The van der Waals surface area contributed by atoms with Crippen molar-refractivity contribution in [2.75, 3.05) is 11.5 Å². The van der Waals surface area contributed by atoms with Crippen molar-refractivity contribution in [2.45, 2.75) is 64.5 Å². The van der Waals surface area contributed by atoms with Gasteiger partial charge in [-0.15, -0.1) is 11.3 Å². The second-order valence-electron chi connectivity index (χ2n) is 8.97. The number of hydrogen-bond donors (Lipinski definition) is 0. The molecule has 0 saturated heterocycles. The minimum Gasteiger partial charge on any atom is -0.493 e. The van der Waals surface area contributed by atoms with Crippen LogP contribution in [0.2, 0.25) is 0 Å². The summed E-state index contributed by atoms with van der Waals surface area (Å²) in [6.45, 7) is 2.23. The number of aromatic nitrogens is 2. The quantitative estimate of drug-likeness (QED) is 0.270. The molecule has 1 aromatic carbocycles. The standard InChI is InChI=1S/C27H30F3N3O2S/c1-2-3-9-16-35-24-14-13-20(17-21(24)27(28,29)30)33(25(34)19-10-5-4-6-11-19)26-32-23(18-36-26)22-12-7-8-15-31-22/h7-8,12-15,17-19H,2-6,9-11,16H2,1H3. The lowest BCUT2D eigenvalue weighted by Gasteiger charge is -2.28. The van der Waals surface area contributed by atoms with Gasteiger partial charge in [-0.1, -0.05) is 45.1 Å². The van der Waals surface area contributed by atoms with Gasteiger partial charge < -0.3 is 4.74 Å². The highest BCUT2D eigenvalue weighted by Gasteiger charge is 2.37. The molecule has 2 aromatic heterocycles. The second-order valence-corrected chi connectivity index (χ2v) is 9.81. The van der Waals surface area contributed by atoms with Gasteiger partial charge in [-0.05, 0) is 49.6 Å². The van der Waals surface area contributed by atoms with E-state index in [0.717, 1.165) is 51.0 Å². The number of halogens is 3. The summed E-state index contributed by atoms with van der Waals surface area (Å²) in [7, 11) is 0. The zero-order valence-electron chi connectivity index (χ0n) is 20.3. The molecule has 1 aliphatic rings. The maximum Gasteiger partial charge on any atom is 0.420 e. The second kappa shape index (κ2) is 11.9. The van der Waals surface area contributed by atoms with Crippen molar-refractivity contribution in [3.63, 3.8) is 0 Å². The molecule has 0 spiro atoms. The smallest absolute Gasteiger partial charge is 0.420 e. The Morgan fingerprint density at radius 3 is 2.61 bits per heavy atom. The van der Waals surface area contributed by atoms with E-state index in [0.29, 0.717) is 22.9 Å². The summed E-state index contributed by atoms with van der Waals surface area (Å²) in [6, 6.07) is 9.28. The van der Waals surface area contributed by atoms with Crippen molar-refractivity contribution in [1.29, 1.82) is 0 Å². The van der Waals surface area contributed by atoms with Gasteiger partial charge in [0, 0.05) is 17.5 Å². The number of amides is 1. The van der Waals surface area contributed by atoms with Gasteiger partial charge in [0.2, 0.25) is 5.91 Å². The number of pyridine rings is 1. The number of carbonyl (C=O) groups excluding carboxylic acids is 1. The molecule has 36 heavy (non-hydrogen) atoms. The number of anilines is 2. The van der Waals surface area contributed by atoms with Gasteiger partial charge in [-0.2, -0.15) is 13.2 Å². The van der Waals surface area contributed by atoms with Crippen molar-refractivity contribution in [2.24, 2.45) is 5.92 Å². The van der Waals surface area contributed by atoms with Crippen LogP contribution in [0, 0.1) is 5.92 Å². The summed E-state index contributed by atoms with van der Waals surface area (Å²) in [4.78, 5) is 24.0. The minimum absolute atomic E-state index is 0.140. The van der Waals surface area contributed by atoms with Crippen molar-refractivity contribution in [3.8, 4) is 17.1 Å². The van der Waals surface area contributed by atoms with Crippen LogP contribution in [-0.2, 0) is 11.0 Å². The number of nitrogens with zero attached hydrogens (tertiary/aromatic N) is 3. The van der Waals surface area contributed by atoms with Gasteiger partial charge in [0.1, 0.15) is 11.4 Å². The van der Waals surface area contributed by atoms with E-state index in [1.807, 2.05) is 13.0 Å². The summed E-state index contributed by atoms with van der Waals surface area (Å²) in [5, 5.41) is 2.10. The van der Waals surface area contributed by atoms with Crippen LogP contribution < -0.4 is 9.64 Å². The van der Waals surface area contributed by atoms with E-state index in [2.05, 4.69) is 9.97 Å². The highest BCUT2D eigenvalue weighted by Crippen LogP contribution is 2.42. The monoisotopic (exact) mass is 517 g/mol. The SMILES string of the molecule is CCCCCOc1ccc(N(C(=O)C2CCCCC2)c2nc(-c3ccccn3)cs2)cc1C(F)(F)F. The fraction of sp³-hybridized carbons (Fsp3) is 0.444. The largest absolute Gasteiger partial charge is 0.493 e. The first-order chi connectivity index (χ1) is 17.4. The number of hydrogen-bond acceptors (Lipinski definition) is 5. The summed E-state index contributed by atoms with van der Waals surface area (Å²) >= 11 is 1.22. The van der Waals surface area contributed by atoms with Crippen LogP contribution in [0.4, 0.5) is 24.0 Å². The number of benzene rings is 1. The Hall–Kier alpha value is -2.94. The molecular weight excluding hydrogens is 487 g/mol. The average molecular weight is 518 g/mol. The minimum atomic E-state index is -4.63. The van der Waals surface area contributed by atoms with E-state index in [1.165, 1.54) is 28.4 Å². The van der Waals surface area contributed by atoms with Crippen molar-refractivity contribution in [3.05, 3.63) is 53.5 Å². The van der Waals surface area contributed by atoms with Crippen LogP contribution in [0.5, 0.6) is 5.75 Å². The third kappa shape index (κ3) is 6.24. The summed E-state index contributed by atoms with van der Waals surface area (Å²) in [6.07, 6.45) is 3.89. The maximum absolute atomic E-state index is 14.0. The van der Waals surface area contributed by atoms with E-state index < -0.39 is 11.7 Å². The number of thiazole rings is 1. The van der Waals surface area contributed by atoms with Crippen LogP contribution in [0.3, 0.4) is 0 Å². The van der Waals surface area contributed by atoms with E-state index in [9.17, 15) is 18.0 Å². The van der Waals surface area contributed by atoms with Crippen molar-refractivity contribution >= 4 is 28.1 Å². The van der Waals surface area contributed by atoms with E-state index >= 15 is 0 Å². The summed E-state index contributed by atoms with van der Waals surface area (Å²) < 4.78 is 47.6. The third-order valence-corrected chi connectivity index (χ3v) is 7.14. The third-order valence-electron chi connectivity index (χ3n) is 6.32. The highest BCUT2D eigenvalue weighted by atomic mass is 32.1. The average Bonchev–Trinajstić information content (AvgIpc) is 3.37. The summed E-state index contributed by atoms with van der Waals surface area (Å²) in [5.41, 5.74) is 0.459. The van der Waals surface area contributed by atoms with Crippen molar-refractivity contribution < 1.29 is 22.7 Å². The summed E-state index contributed by atoms with van der Waals surface area (Å²) in [5.74, 6) is -0.692. The first-order valence-corrected chi connectivity index (χ1v) is 13.3. The van der Waals surface area contributed by atoms with Crippen LogP contribution >= 0.6 is 11.3 Å². The molecule has 192 valence electrons. The lowest BCUT2D eigenvalue weighted by atomic mass is 9.88. The molecule has 5 nitrogen and oxygen atoms in total. The van der Waals surface area contributed by atoms with Crippen molar-refractivity contribution in [1.82, 2.24) is 9.97 Å². The molecule has 0 bridgehead atoms. The van der Waals surface area contributed by atoms with Gasteiger partial charge in [-0.25, -0.2) is 4.98 Å². The molecule has 0 N–H and O–H groups in total. The van der Waals surface area contributed by atoms with Crippen LogP contribution in [0.1, 0.15) is 63.9 Å². The van der Waals surface area contributed by atoms with Crippen LogP contribution in [0.15, 0.2) is 48.0 Å². The normalized spacial score (nSPS) is 14.6. The molecule has 2 heterocycles. The molecule has 0 aliphatic heterocycles. The molecule has 1 saturated carbocycles. The Bertz CT molecular complexity index is 1140. The molecule has 1 fully saturated rings. The predicted molar refractivity (Wildman–Crippen MR) is 136 cm³/mol. The Labute approximate surface area is 213 Å². The Morgan fingerprint density at radius 2 is 1.92 bits per heavy atom. The zero-order valence-corrected chi connectivity index (χ0v) is 21.1. The Balaban J connectivity index is 1.72. The molecule has 0 atom stereocenters. The van der Waals surface area contributed by atoms with Gasteiger partial charge in [0.25, 0.3) is 0 Å². The van der Waals surface area contributed by atoms with Crippen LogP contribution in [-0.4, -0.2) is 22.5 Å². The number of carbonyl (C=O) groups is 1. The van der Waals surface area contributed by atoms with E-state index in [4.69, 9.17) is 4.74 Å². The van der Waals surface area contributed by atoms with Gasteiger partial charge in [0.15, 0.2) is 5.13 Å². The molecular formula is C27H30F3N3O2S. The first-order valence-electron chi connectivity index (χ1n) is 12.4. The molecule has 1 amide bonds. The van der Waals surface area contributed by atoms with Gasteiger partial charge in [-0.3, -0.25) is 14.7 Å². The highest BCUT2D eigenvalue weighted by molar-refractivity contribution is 7.14. The number of alkyl halides is 3. The van der Waals surface area contributed by atoms with Gasteiger partial charge in [0.05, 0.1) is 23.6 Å². The number of ether oxygens (including phenoxy) is 1. The van der Waals surface area contributed by atoms with E-state index in [-0.39, 0.29) is 29.9 Å². The molecule has 9 heteroatoms. The van der Waals surface area contributed by atoms with E-state index in [1.54, 1.807) is 23.7 Å². The maximum atomic E-state index is 14.0. The fourth-order valence-corrected chi connectivity index (χ4v) is 5.24. The molecule has 4 rings (SSSR count). The Kier molecular flexibility index (Phi) is 8.61. The van der Waals surface area contributed by atoms with Gasteiger partial charge >= 0.3 is 6.18 Å². The molecule has 3 aromatic rings. The zero-order chi connectivity index (χ0) is 25.5. The lowest BCUT2D eigenvalue weighted by molar-refractivity contribution is -0.139. The number of unbranched alkanes of at least 4 members (excludes halogenated alkanes) is 2. The topological polar surface area (TPSA) is 55.3 Å². The molecule has 1 aliphatic carbocycles. The molecule has 0 unspecified atom stereocenters. The number of rotatable bonds is 9.